The SMILES string of the molecule is Cl.NCCCCCCC(=O)N(Cc1ccc2c(c1)OCO2)c1ccc(F)cc1. The predicted octanol–water partition coefficient (Wildman–Crippen LogP) is 4.42. The van der Waals surface area contributed by atoms with Gasteiger partial charge < -0.3 is 20.1 Å². The fraction of sp³-hybridized carbons (Fsp3) is 0.381. The van der Waals surface area contributed by atoms with Gasteiger partial charge in [0.2, 0.25) is 12.7 Å². The molecule has 1 aliphatic rings. The number of carbonyl (C=O) groups excluding carboxylic acids is 1. The van der Waals surface area contributed by atoms with E-state index in [1.807, 2.05) is 18.2 Å². The van der Waals surface area contributed by atoms with Crippen LogP contribution in [0.3, 0.4) is 0 Å². The van der Waals surface area contributed by atoms with Crippen LogP contribution in [0.1, 0.15) is 37.7 Å². The van der Waals surface area contributed by atoms with E-state index in [1.165, 1.54) is 12.1 Å². The lowest BCUT2D eigenvalue weighted by molar-refractivity contribution is -0.118. The topological polar surface area (TPSA) is 64.8 Å². The van der Waals surface area contributed by atoms with Crippen LogP contribution >= 0.6 is 12.4 Å². The van der Waals surface area contributed by atoms with E-state index in [4.69, 9.17) is 15.2 Å². The van der Waals surface area contributed by atoms with Gasteiger partial charge in [-0.2, -0.15) is 0 Å². The zero-order valence-electron chi connectivity index (χ0n) is 15.7. The van der Waals surface area contributed by atoms with E-state index in [-0.39, 0.29) is 30.9 Å². The van der Waals surface area contributed by atoms with Gasteiger partial charge in [0.15, 0.2) is 11.5 Å². The quantitative estimate of drug-likeness (QED) is 0.624. The molecule has 0 unspecified atom stereocenters. The first kappa shape index (κ1) is 22.0. The number of ether oxygens (including phenoxy) is 2. The molecule has 0 atom stereocenters. The zero-order valence-corrected chi connectivity index (χ0v) is 16.6. The molecule has 0 radical (unpaired) electrons. The van der Waals surface area contributed by atoms with Crippen LogP contribution in [-0.2, 0) is 11.3 Å². The molecule has 2 aromatic rings. The Balaban J connectivity index is 0.00000280. The second-order valence-corrected chi connectivity index (χ2v) is 6.60. The molecule has 2 N–H and O–H groups in total. The predicted molar refractivity (Wildman–Crippen MR) is 110 cm³/mol. The number of nitrogens with two attached hydrogens (primary N) is 1. The molecule has 1 heterocycles. The van der Waals surface area contributed by atoms with Crippen molar-refractivity contribution in [3.63, 3.8) is 0 Å². The van der Waals surface area contributed by atoms with Crippen LogP contribution in [0, 0.1) is 5.82 Å². The van der Waals surface area contributed by atoms with E-state index in [0.29, 0.717) is 36.7 Å². The summed E-state index contributed by atoms with van der Waals surface area (Å²) in [4.78, 5) is 14.5. The maximum absolute atomic E-state index is 13.3. The number of anilines is 1. The fourth-order valence-corrected chi connectivity index (χ4v) is 3.08. The average Bonchev–Trinajstić information content (AvgIpc) is 3.14. The van der Waals surface area contributed by atoms with Crippen molar-refractivity contribution in [2.24, 2.45) is 5.73 Å². The van der Waals surface area contributed by atoms with Crippen molar-refractivity contribution < 1.29 is 18.7 Å². The molecule has 0 fully saturated rings. The lowest BCUT2D eigenvalue weighted by atomic mass is 10.1. The number of carbonyl (C=O) groups is 1. The smallest absolute Gasteiger partial charge is 0.231 e. The van der Waals surface area contributed by atoms with Crippen molar-refractivity contribution >= 4 is 24.0 Å². The Morgan fingerprint density at radius 2 is 1.71 bits per heavy atom. The molecule has 3 rings (SSSR count). The molecule has 28 heavy (non-hydrogen) atoms. The number of amides is 1. The van der Waals surface area contributed by atoms with E-state index in [1.54, 1.807) is 17.0 Å². The Morgan fingerprint density at radius 3 is 2.46 bits per heavy atom. The highest BCUT2D eigenvalue weighted by molar-refractivity contribution is 5.93. The van der Waals surface area contributed by atoms with Gasteiger partial charge in [0.05, 0.1) is 6.54 Å². The van der Waals surface area contributed by atoms with Crippen LogP contribution in [0.5, 0.6) is 11.5 Å². The standard InChI is InChI=1S/C21H25FN2O3.ClH/c22-17-7-9-18(10-8-17)24(21(25)5-3-1-2-4-12-23)14-16-6-11-19-20(13-16)27-15-26-19;/h6-11,13H,1-5,12,14-15,23H2;1H. The van der Waals surface area contributed by atoms with Gasteiger partial charge >= 0.3 is 0 Å². The third-order valence-corrected chi connectivity index (χ3v) is 4.56. The Bertz CT molecular complexity index is 771. The van der Waals surface area contributed by atoms with Crippen molar-refractivity contribution in [1.29, 1.82) is 0 Å². The summed E-state index contributed by atoms with van der Waals surface area (Å²) < 4.78 is 24.1. The summed E-state index contributed by atoms with van der Waals surface area (Å²) in [5.74, 6) is 1.09. The molecule has 0 saturated heterocycles. The number of hydrogen-bond donors (Lipinski definition) is 1. The highest BCUT2D eigenvalue weighted by Crippen LogP contribution is 2.33. The van der Waals surface area contributed by atoms with Gasteiger partial charge in [0, 0.05) is 12.1 Å². The van der Waals surface area contributed by atoms with E-state index in [9.17, 15) is 9.18 Å². The van der Waals surface area contributed by atoms with Gasteiger partial charge in [0.25, 0.3) is 0 Å². The lowest BCUT2D eigenvalue weighted by Gasteiger charge is -2.23. The zero-order chi connectivity index (χ0) is 19.1. The number of halogens is 2. The largest absolute Gasteiger partial charge is 0.454 e. The number of hydrogen-bond acceptors (Lipinski definition) is 4. The third kappa shape index (κ3) is 5.84. The maximum Gasteiger partial charge on any atom is 0.231 e. The molecule has 152 valence electrons. The first-order valence-corrected chi connectivity index (χ1v) is 9.32. The highest BCUT2D eigenvalue weighted by atomic mass is 35.5. The first-order valence-electron chi connectivity index (χ1n) is 9.32. The van der Waals surface area contributed by atoms with Crippen molar-refractivity contribution in [1.82, 2.24) is 0 Å². The van der Waals surface area contributed by atoms with Crippen LogP contribution in [0.15, 0.2) is 42.5 Å². The molecule has 2 aromatic carbocycles. The lowest BCUT2D eigenvalue weighted by Crippen LogP contribution is -2.30. The minimum absolute atomic E-state index is 0. The molecule has 5 nitrogen and oxygen atoms in total. The van der Waals surface area contributed by atoms with E-state index in [0.717, 1.165) is 31.2 Å². The van der Waals surface area contributed by atoms with Crippen LogP contribution in [-0.4, -0.2) is 19.2 Å². The van der Waals surface area contributed by atoms with E-state index < -0.39 is 0 Å². The normalized spacial score (nSPS) is 11.8. The minimum Gasteiger partial charge on any atom is -0.454 e. The number of benzene rings is 2. The highest BCUT2D eigenvalue weighted by Gasteiger charge is 2.19. The Labute approximate surface area is 171 Å². The summed E-state index contributed by atoms with van der Waals surface area (Å²) in [5, 5.41) is 0. The minimum atomic E-state index is -0.323. The van der Waals surface area contributed by atoms with Gasteiger partial charge in [-0.1, -0.05) is 18.9 Å². The van der Waals surface area contributed by atoms with Gasteiger partial charge in [-0.05, 0) is 61.3 Å². The molecule has 1 amide bonds. The van der Waals surface area contributed by atoms with Gasteiger partial charge in [0.1, 0.15) is 5.82 Å². The van der Waals surface area contributed by atoms with Crippen molar-refractivity contribution in [2.45, 2.75) is 38.6 Å². The second-order valence-electron chi connectivity index (χ2n) is 6.60. The molecule has 0 aromatic heterocycles. The van der Waals surface area contributed by atoms with Gasteiger partial charge in [-0.3, -0.25) is 4.79 Å². The first-order chi connectivity index (χ1) is 13.2. The number of rotatable bonds is 9. The molecule has 0 bridgehead atoms. The fourth-order valence-electron chi connectivity index (χ4n) is 3.08. The molecule has 0 spiro atoms. The van der Waals surface area contributed by atoms with Crippen LogP contribution < -0.4 is 20.1 Å². The van der Waals surface area contributed by atoms with Crippen LogP contribution in [0.25, 0.3) is 0 Å². The molecule has 7 heteroatoms. The van der Waals surface area contributed by atoms with Crippen LogP contribution in [0.4, 0.5) is 10.1 Å². The second kappa shape index (κ2) is 10.9. The molecule has 1 aliphatic heterocycles. The summed E-state index contributed by atoms with van der Waals surface area (Å²) in [6, 6.07) is 11.7. The Kier molecular flexibility index (Phi) is 8.54. The van der Waals surface area contributed by atoms with Crippen molar-refractivity contribution in [3.8, 4) is 11.5 Å². The maximum atomic E-state index is 13.3. The third-order valence-electron chi connectivity index (χ3n) is 4.56. The molecule has 0 saturated carbocycles. The molecular weight excluding hydrogens is 383 g/mol. The van der Waals surface area contributed by atoms with E-state index >= 15 is 0 Å². The van der Waals surface area contributed by atoms with Gasteiger partial charge in [-0.25, -0.2) is 4.39 Å². The Hall–Kier alpha value is -2.31. The number of unbranched alkanes of at least 4 members (excludes halogenated alkanes) is 3. The average molecular weight is 409 g/mol. The number of fused-ring (bicyclic) bond motifs is 1. The van der Waals surface area contributed by atoms with Gasteiger partial charge in [-0.15, -0.1) is 12.4 Å². The summed E-state index contributed by atoms with van der Waals surface area (Å²) in [5.41, 5.74) is 7.12. The van der Waals surface area contributed by atoms with Crippen LogP contribution in [0.2, 0.25) is 0 Å². The van der Waals surface area contributed by atoms with Crippen molar-refractivity contribution in [3.05, 3.63) is 53.8 Å². The molecule has 0 aliphatic carbocycles. The van der Waals surface area contributed by atoms with Crippen molar-refractivity contribution in [2.75, 3.05) is 18.2 Å². The molecular formula is C21H26ClFN2O3. The summed E-state index contributed by atoms with van der Waals surface area (Å²) in [6.07, 6.45) is 4.25. The Morgan fingerprint density at radius 1 is 1.00 bits per heavy atom. The summed E-state index contributed by atoms with van der Waals surface area (Å²) in [6.45, 7) is 1.28. The van der Waals surface area contributed by atoms with E-state index in [2.05, 4.69) is 0 Å². The summed E-state index contributed by atoms with van der Waals surface area (Å²) in [7, 11) is 0. The monoisotopic (exact) mass is 408 g/mol. The number of nitrogens with zero attached hydrogens (tertiary/aromatic N) is 1. The summed E-state index contributed by atoms with van der Waals surface area (Å²) >= 11 is 0.